The lowest BCUT2D eigenvalue weighted by Gasteiger charge is -2.31. The Kier molecular flexibility index (Phi) is 5.27. The summed E-state index contributed by atoms with van der Waals surface area (Å²) in [6, 6.07) is 4.08. The minimum atomic E-state index is 0.0575. The van der Waals surface area contributed by atoms with Crippen LogP contribution in [-0.2, 0) is 11.3 Å². The number of piperidine rings is 1. The van der Waals surface area contributed by atoms with Crippen LogP contribution in [0.2, 0.25) is 0 Å². The SMILES string of the molecule is COC1CCN(C(=O)NCCCn2cccc2)CC1. The molecule has 1 aromatic heterocycles. The minimum Gasteiger partial charge on any atom is -0.381 e. The maximum absolute atomic E-state index is 11.9. The van der Waals surface area contributed by atoms with E-state index in [9.17, 15) is 4.79 Å². The fourth-order valence-corrected chi connectivity index (χ4v) is 2.38. The molecule has 0 aromatic carbocycles. The van der Waals surface area contributed by atoms with Crippen molar-refractivity contribution in [3.8, 4) is 0 Å². The number of amides is 2. The Morgan fingerprint density at radius 3 is 2.63 bits per heavy atom. The van der Waals surface area contributed by atoms with E-state index in [0.29, 0.717) is 6.10 Å². The molecule has 0 radical (unpaired) electrons. The Hall–Kier alpha value is -1.49. The lowest BCUT2D eigenvalue weighted by atomic mass is 10.1. The van der Waals surface area contributed by atoms with Crippen LogP contribution < -0.4 is 5.32 Å². The molecule has 0 aliphatic carbocycles. The molecular weight excluding hydrogens is 242 g/mol. The second kappa shape index (κ2) is 7.19. The lowest BCUT2D eigenvalue weighted by molar-refractivity contribution is 0.0504. The second-order valence-electron chi connectivity index (χ2n) is 4.93. The van der Waals surface area contributed by atoms with E-state index < -0.39 is 0 Å². The van der Waals surface area contributed by atoms with E-state index in [1.54, 1.807) is 7.11 Å². The van der Waals surface area contributed by atoms with Gasteiger partial charge in [0, 0.05) is 45.7 Å². The van der Waals surface area contributed by atoms with Gasteiger partial charge in [-0.1, -0.05) is 0 Å². The molecular formula is C14H23N3O2. The first-order valence-electron chi connectivity index (χ1n) is 6.96. The second-order valence-corrected chi connectivity index (χ2v) is 4.93. The number of carbonyl (C=O) groups excluding carboxylic acids is 1. The van der Waals surface area contributed by atoms with Gasteiger partial charge in [0.05, 0.1) is 6.10 Å². The van der Waals surface area contributed by atoms with E-state index in [1.165, 1.54) is 0 Å². The number of carbonyl (C=O) groups is 1. The van der Waals surface area contributed by atoms with Gasteiger partial charge in [-0.2, -0.15) is 0 Å². The molecule has 0 spiro atoms. The maximum Gasteiger partial charge on any atom is 0.317 e. The van der Waals surface area contributed by atoms with Crippen molar-refractivity contribution in [1.29, 1.82) is 0 Å². The number of urea groups is 1. The van der Waals surface area contributed by atoms with Gasteiger partial charge in [-0.3, -0.25) is 0 Å². The molecule has 1 saturated heterocycles. The Morgan fingerprint density at radius 1 is 1.32 bits per heavy atom. The fraction of sp³-hybridized carbons (Fsp3) is 0.643. The number of likely N-dealkylation sites (tertiary alicyclic amines) is 1. The number of ether oxygens (including phenoxy) is 1. The molecule has 106 valence electrons. The van der Waals surface area contributed by atoms with E-state index in [1.807, 2.05) is 29.4 Å². The summed E-state index contributed by atoms with van der Waals surface area (Å²) in [4.78, 5) is 13.8. The van der Waals surface area contributed by atoms with E-state index in [2.05, 4.69) is 9.88 Å². The number of hydrogen-bond acceptors (Lipinski definition) is 2. The van der Waals surface area contributed by atoms with Crippen LogP contribution in [0.15, 0.2) is 24.5 Å². The highest BCUT2D eigenvalue weighted by Gasteiger charge is 2.21. The van der Waals surface area contributed by atoms with Crippen molar-refractivity contribution >= 4 is 6.03 Å². The van der Waals surface area contributed by atoms with E-state index in [0.717, 1.165) is 45.4 Å². The van der Waals surface area contributed by atoms with Gasteiger partial charge in [0.1, 0.15) is 0 Å². The summed E-state index contributed by atoms with van der Waals surface area (Å²) in [5, 5.41) is 2.98. The van der Waals surface area contributed by atoms with Gasteiger partial charge in [0.25, 0.3) is 0 Å². The molecule has 1 N–H and O–H groups in total. The quantitative estimate of drug-likeness (QED) is 0.824. The average Bonchev–Trinajstić information content (AvgIpc) is 2.96. The lowest BCUT2D eigenvalue weighted by Crippen LogP contribution is -2.46. The van der Waals surface area contributed by atoms with Gasteiger partial charge in [-0.25, -0.2) is 4.79 Å². The van der Waals surface area contributed by atoms with Crippen molar-refractivity contribution in [2.45, 2.75) is 31.9 Å². The number of nitrogens with one attached hydrogen (secondary N) is 1. The molecule has 1 aromatic rings. The molecule has 1 aliphatic heterocycles. The third kappa shape index (κ3) is 4.28. The van der Waals surface area contributed by atoms with Crippen LogP contribution in [0, 0.1) is 0 Å². The predicted octanol–water partition coefficient (Wildman–Crippen LogP) is 1.70. The first kappa shape index (κ1) is 13.9. The molecule has 5 heteroatoms. The highest BCUT2D eigenvalue weighted by molar-refractivity contribution is 5.74. The van der Waals surface area contributed by atoms with Crippen molar-refractivity contribution in [2.75, 3.05) is 26.7 Å². The van der Waals surface area contributed by atoms with Gasteiger partial charge >= 0.3 is 6.03 Å². The number of aromatic nitrogens is 1. The molecule has 2 heterocycles. The third-order valence-electron chi connectivity index (χ3n) is 3.60. The average molecular weight is 265 g/mol. The highest BCUT2D eigenvalue weighted by atomic mass is 16.5. The molecule has 1 aliphatic rings. The van der Waals surface area contributed by atoms with Crippen molar-refractivity contribution in [2.24, 2.45) is 0 Å². The molecule has 2 rings (SSSR count). The summed E-state index contributed by atoms with van der Waals surface area (Å²) < 4.78 is 7.42. The molecule has 2 amide bonds. The molecule has 5 nitrogen and oxygen atoms in total. The van der Waals surface area contributed by atoms with E-state index in [4.69, 9.17) is 4.74 Å². The number of rotatable bonds is 5. The first-order chi connectivity index (χ1) is 9.29. The number of aryl methyl sites for hydroxylation is 1. The Morgan fingerprint density at radius 2 is 2.00 bits per heavy atom. The minimum absolute atomic E-state index is 0.0575. The van der Waals surface area contributed by atoms with Crippen LogP contribution in [-0.4, -0.2) is 48.3 Å². The normalized spacial score (nSPS) is 16.6. The molecule has 0 unspecified atom stereocenters. The maximum atomic E-state index is 11.9. The molecule has 19 heavy (non-hydrogen) atoms. The Bertz CT molecular complexity index is 370. The van der Waals surface area contributed by atoms with Crippen LogP contribution >= 0.6 is 0 Å². The molecule has 1 fully saturated rings. The summed E-state index contributed by atoms with van der Waals surface area (Å²) in [7, 11) is 1.74. The summed E-state index contributed by atoms with van der Waals surface area (Å²) >= 11 is 0. The topological polar surface area (TPSA) is 46.5 Å². The first-order valence-corrected chi connectivity index (χ1v) is 6.96. The molecule has 0 saturated carbocycles. The molecule has 0 atom stereocenters. The van der Waals surface area contributed by atoms with Crippen LogP contribution in [0.1, 0.15) is 19.3 Å². The van der Waals surface area contributed by atoms with Crippen molar-refractivity contribution in [1.82, 2.24) is 14.8 Å². The van der Waals surface area contributed by atoms with Crippen LogP contribution in [0.5, 0.6) is 0 Å². The van der Waals surface area contributed by atoms with E-state index in [-0.39, 0.29) is 6.03 Å². The summed E-state index contributed by atoms with van der Waals surface area (Å²) in [6.07, 6.45) is 7.22. The standard InChI is InChI=1S/C14H23N3O2/c1-19-13-5-11-17(12-6-13)14(18)15-7-4-10-16-8-2-3-9-16/h2-3,8-9,13H,4-7,10-12H2,1H3,(H,15,18). The fourth-order valence-electron chi connectivity index (χ4n) is 2.38. The predicted molar refractivity (Wildman–Crippen MR) is 74.1 cm³/mol. The largest absolute Gasteiger partial charge is 0.381 e. The van der Waals surface area contributed by atoms with Gasteiger partial charge in [-0.15, -0.1) is 0 Å². The van der Waals surface area contributed by atoms with Crippen LogP contribution in [0.3, 0.4) is 0 Å². The third-order valence-corrected chi connectivity index (χ3v) is 3.60. The van der Waals surface area contributed by atoms with Gasteiger partial charge in [0.15, 0.2) is 0 Å². The molecule has 0 bridgehead atoms. The van der Waals surface area contributed by atoms with Gasteiger partial charge in [-0.05, 0) is 31.4 Å². The number of hydrogen-bond donors (Lipinski definition) is 1. The van der Waals surface area contributed by atoms with Crippen molar-refractivity contribution in [3.63, 3.8) is 0 Å². The number of nitrogens with zero attached hydrogens (tertiary/aromatic N) is 2. The Balaban J connectivity index is 1.59. The van der Waals surface area contributed by atoms with Crippen LogP contribution in [0.25, 0.3) is 0 Å². The smallest absolute Gasteiger partial charge is 0.317 e. The Labute approximate surface area is 114 Å². The summed E-state index contributed by atoms with van der Waals surface area (Å²) in [5.41, 5.74) is 0. The monoisotopic (exact) mass is 265 g/mol. The summed E-state index contributed by atoms with van der Waals surface area (Å²) in [5.74, 6) is 0. The van der Waals surface area contributed by atoms with Crippen molar-refractivity contribution in [3.05, 3.63) is 24.5 Å². The highest BCUT2D eigenvalue weighted by Crippen LogP contribution is 2.12. The number of methoxy groups -OCH3 is 1. The zero-order valence-corrected chi connectivity index (χ0v) is 11.5. The zero-order valence-electron chi connectivity index (χ0n) is 11.5. The van der Waals surface area contributed by atoms with Crippen molar-refractivity contribution < 1.29 is 9.53 Å². The van der Waals surface area contributed by atoms with Gasteiger partial charge < -0.3 is 19.5 Å². The van der Waals surface area contributed by atoms with Gasteiger partial charge in [0.2, 0.25) is 0 Å². The van der Waals surface area contributed by atoms with Crippen LogP contribution in [0.4, 0.5) is 4.79 Å². The van der Waals surface area contributed by atoms with E-state index >= 15 is 0 Å². The summed E-state index contributed by atoms with van der Waals surface area (Å²) in [6.45, 7) is 3.25. The zero-order chi connectivity index (χ0) is 13.5.